The van der Waals surface area contributed by atoms with Crippen LogP contribution in [0, 0.1) is 11.3 Å². The molecule has 23 heavy (non-hydrogen) atoms. The van der Waals surface area contributed by atoms with Gasteiger partial charge in [0.1, 0.15) is 6.61 Å². The van der Waals surface area contributed by atoms with Gasteiger partial charge in [-0.3, -0.25) is 4.79 Å². The Labute approximate surface area is 136 Å². The van der Waals surface area contributed by atoms with Crippen molar-refractivity contribution in [2.75, 3.05) is 19.7 Å². The van der Waals surface area contributed by atoms with E-state index < -0.39 is 0 Å². The SMILES string of the molecule is CCOC(=O)[C@H]1C[C@]12CCCN(C(=O)OCc1ccccc1)C2. The molecule has 0 aromatic heterocycles. The topological polar surface area (TPSA) is 55.8 Å². The number of benzene rings is 1. The van der Waals surface area contributed by atoms with Crippen molar-refractivity contribution in [1.82, 2.24) is 4.90 Å². The lowest BCUT2D eigenvalue weighted by molar-refractivity contribution is -0.146. The van der Waals surface area contributed by atoms with E-state index in [4.69, 9.17) is 9.47 Å². The molecule has 1 aliphatic heterocycles. The summed E-state index contributed by atoms with van der Waals surface area (Å²) >= 11 is 0. The number of hydrogen-bond acceptors (Lipinski definition) is 4. The maximum Gasteiger partial charge on any atom is 0.410 e. The minimum absolute atomic E-state index is 0.0489. The fourth-order valence-corrected chi connectivity index (χ4v) is 3.50. The molecule has 5 heteroatoms. The second kappa shape index (κ2) is 6.60. The van der Waals surface area contributed by atoms with Crippen LogP contribution < -0.4 is 0 Å². The Balaban J connectivity index is 1.53. The zero-order valence-corrected chi connectivity index (χ0v) is 13.5. The van der Waals surface area contributed by atoms with Gasteiger partial charge in [-0.15, -0.1) is 0 Å². The highest BCUT2D eigenvalue weighted by Crippen LogP contribution is 2.58. The first kappa shape index (κ1) is 15.8. The van der Waals surface area contributed by atoms with Crippen molar-refractivity contribution in [2.24, 2.45) is 11.3 Å². The fraction of sp³-hybridized carbons (Fsp3) is 0.556. The van der Waals surface area contributed by atoms with Crippen LogP contribution in [0.3, 0.4) is 0 Å². The molecule has 0 N–H and O–H groups in total. The molecule has 0 radical (unpaired) electrons. The number of carbonyl (C=O) groups excluding carboxylic acids is 2. The van der Waals surface area contributed by atoms with E-state index in [0.29, 0.717) is 19.7 Å². The van der Waals surface area contributed by atoms with Gasteiger partial charge >= 0.3 is 12.1 Å². The Bertz CT molecular complexity index is 574. The number of hydrogen-bond donors (Lipinski definition) is 0. The Morgan fingerprint density at radius 2 is 2.04 bits per heavy atom. The molecule has 2 aliphatic rings. The number of rotatable bonds is 4. The second-order valence-electron chi connectivity index (χ2n) is 6.44. The van der Waals surface area contributed by atoms with Gasteiger partial charge in [0, 0.05) is 18.5 Å². The molecule has 1 spiro atoms. The summed E-state index contributed by atoms with van der Waals surface area (Å²) in [5.41, 5.74) is 0.902. The lowest BCUT2D eigenvalue weighted by Gasteiger charge is -2.32. The Morgan fingerprint density at radius 3 is 2.78 bits per heavy atom. The van der Waals surface area contributed by atoms with Crippen molar-refractivity contribution < 1.29 is 19.1 Å². The Kier molecular flexibility index (Phi) is 4.55. The number of carbonyl (C=O) groups is 2. The van der Waals surface area contributed by atoms with E-state index in [9.17, 15) is 9.59 Å². The van der Waals surface area contributed by atoms with E-state index >= 15 is 0 Å². The average Bonchev–Trinajstić information content (AvgIpc) is 3.27. The van der Waals surface area contributed by atoms with Crippen LogP contribution in [0.15, 0.2) is 30.3 Å². The molecule has 1 aromatic carbocycles. The highest BCUT2D eigenvalue weighted by molar-refractivity contribution is 5.77. The van der Waals surface area contributed by atoms with Crippen LogP contribution in [-0.4, -0.2) is 36.7 Å². The molecule has 124 valence electrons. The molecular weight excluding hydrogens is 294 g/mol. The maximum atomic E-state index is 12.3. The quantitative estimate of drug-likeness (QED) is 0.801. The van der Waals surface area contributed by atoms with E-state index in [1.807, 2.05) is 37.3 Å². The van der Waals surface area contributed by atoms with Crippen molar-refractivity contribution in [3.63, 3.8) is 0 Å². The fourth-order valence-electron chi connectivity index (χ4n) is 3.50. The standard InChI is InChI=1S/C18H23NO4/c1-2-22-16(20)15-11-18(15)9-6-10-19(13-18)17(21)23-12-14-7-4-3-5-8-14/h3-5,7-8,15H,2,6,9-13H2,1H3/t15-,18+/m1/s1. The molecule has 1 aromatic rings. The summed E-state index contributed by atoms with van der Waals surface area (Å²) in [5, 5.41) is 0. The van der Waals surface area contributed by atoms with E-state index in [2.05, 4.69) is 0 Å². The van der Waals surface area contributed by atoms with Crippen LogP contribution >= 0.6 is 0 Å². The van der Waals surface area contributed by atoms with Crippen LogP contribution in [0.2, 0.25) is 0 Å². The van der Waals surface area contributed by atoms with Gasteiger partial charge in [0.05, 0.1) is 12.5 Å². The van der Waals surface area contributed by atoms with Gasteiger partial charge in [-0.25, -0.2) is 4.79 Å². The van der Waals surface area contributed by atoms with E-state index in [0.717, 1.165) is 24.8 Å². The van der Waals surface area contributed by atoms with Crippen LogP contribution in [0.5, 0.6) is 0 Å². The summed E-state index contributed by atoms with van der Waals surface area (Å²) in [6.07, 6.45) is 2.44. The molecule has 1 heterocycles. The lowest BCUT2D eigenvalue weighted by atomic mass is 9.92. The molecule has 2 fully saturated rings. The molecule has 1 aliphatic carbocycles. The lowest BCUT2D eigenvalue weighted by Crippen LogP contribution is -2.42. The van der Waals surface area contributed by atoms with Crippen molar-refractivity contribution in [3.05, 3.63) is 35.9 Å². The van der Waals surface area contributed by atoms with Crippen LogP contribution in [0.4, 0.5) is 4.79 Å². The van der Waals surface area contributed by atoms with Crippen LogP contribution in [0.1, 0.15) is 31.7 Å². The van der Waals surface area contributed by atoms with Crippen molar-refractivity contribution in [1.29, 1.82) is 0 Å². The largest absolute Gasteiger partial charge is 0.466 e. The molecule has 0 unspecified atom stereocenters. The molecule has 1 amide bonds. The van der Waals surface area contributed by atoms with Gasteiger partial charge in [0.25, 0.3) is 0 Å². The summed E-state index contributed by atoms with van der Waals surface area (Å²) in [7, 11) is 0. The first-order chi connectivity index (χ1) is 11.1. The minimum atomic E-state index is -0.289. The first-order valence-corrected chi connectivity index (χ1v) is 8.27. The monoisotopic (exact) mass is 317 g/mol. The van der Waals surface area contributed by atoms with E-state index in [-0.39, 0.29) is 30.0 Å². The number of esters is 1. The number of piperidine rings is 1. The number of likely N-dealkylation sites (tertiary alicyclic amines) is 1. The molecule has 1 saturated carbocycles. The third-order valence-corrected chi connectivity index (χ3v) is 4.83. The van der Waals surface area contributed by atoms with E-state index in [1.54, 1.807) is 4.90 Å². The van der Waals surface area contributed by atoms with Crippen LogP contribution in [0.25, 0.3) is 0 Å². The summed E-state index contributed by atoms with van der Waals surface area (Å²) in [6, 6.07) is 9.65. The van der Waals surface area contributed by atoms with Crippen molar-refractivity contribution in [3.8, 4) is 0 Å². The van der Waals surface area contributed by atoms with Crippen molar-refractivity contribution in [2.45, 2.75) is 32.8 Å². The third-order valence-electron chi connectivity index (χ3n) is 4.83. The van der Waals surface area contributed by atoms with Gasteiger partial charge in [-0.05, 0) is 31.7 Å². The van der Waals surface area contributed by atoms with Gasteiger partial charge in [0.2, 0.25) is 0 Å². The highest BCUT2D eigenvalue weighted by atomic mass is 16.6. The molecule has 1 saturated heterocycles. The molecule has 3 rings (SSSR count). The zero-order chi connectivity index (χ0) is 16.3. The number of nitrogens with zero attached hydrogens (tertiary/aromatic N) is 1. The van der Waals surface area contributed by atoms with Crippen molar-refractivity contribution >= 4 is 12.1 Å². The summed E-state index contributed by atoms with van der Waals surface area (Å²) in [6.45, 7) is 3.81. The van der Waals surface area contributed by atoms with E-state index in [1.165, 1.54) is 0 Å². The second-order valence-corrected chi connectivity index (χ2v) is 6.44. The summed E-state index contributed by atoms with van der Waals surface area (Å²) in [4.78, 5) is 25.9. The average molecular weight is 317 g/mol. The van der Waals surface area contributed by atoms with Gasteiger partial charge in [0.15, 0.2) is 0 Å². The maximum absolute atomic E-state index is 12.3. The molecule has 2 atom stereocenters. The normalized spacial score (nSPS) is 26.0. The Hall–Kier alpha value is -2.04. The van der Waals surface area contributed by atoms with Gasteiger partial charge < -0.3 is 14.4 Å². The number of ether oxygens (including phenoxy) is 2. The van der Waals surface area contributed by atoms with Gasteiger partial charge in [-0.1, -0.05) is 30.3 Å². The Morgan fingerprint density at radius 1 is 1.26 bits per heavy atom. The summed E-state index contributed by atoms with van der Waals surface area (Å²) in [5.74, 6) is -0.167. The molecular formula is C18H23NO4. The zero-order valence-electron chi connectivity index (χ0n) is 13.5. The molecule has 0 bridgehead atoms. The first-order valence-electron chi connectivity index (χ1n) is 8.27. The third kappa shape index (κ3) is 3.49. The van der Waals surface area contributed by atoms with Crippen LogP contribution in [-0.2, 0) is 20.9 Å². The predicted octanol–water partition coefficient (Wildman–Crippen LogP) is 2.99. The molecule has 5 nitrogen and oxygen atoms in total. The number of amides is 1. The minimum Gasteiger partial charge on any atom is -0.466 e. The highest BCUT2D eigenvalue weighted by Gasteiger charge is 2.60. The predicted molar refractivity (Wildman–Crippen MR) is 84.6 cm³/mol. The van der Waals surface area contributed by atoms with Gasteiger partial charge in [-0.2, -0.15) is 0 Å². The smallest absolute Gasteiger partial charge is 0.410 e. The summed E-state index contributed by atoms with van der Waals surface area (Å²) < 4.78 is 10.5.